The lowest BCUT2D eigenvalue weighted by Crippen LogP contribution is -2.12. The van der Waals surface area contributed by atoms with Gasteiger partial charge in [0.05, 0.1) is 11.6 Å². The number of esters is 1. The molecular weight excluding hydrogens is 286 g/mol. The van der Waals surface area contributed by atoms with E-state index in [1.165, 1.54) is 22.7 Å². The molecule has 0 aliphatic carbocycles. The summed E-state index contributed by atoms with van der Waals surface area (Å²) in [6.45, 7) is 3.83. The number of amides is 1. The molecule has 0 saturated heterocycles. The molecule has 0 radical (unpaired) electrons. The van der Waals surface area contributed by atoms with Crippen molar-refractivity contribution in [1.29, 1.82) is 0 Å². The second kappa shape index (κ2) is 5.89. The molecule has 2 aromatic heterocycles. The van der Waals surface area contributed by atoms with Gasteiger partial charge >= 0.3 is 5.97 Å². The maximum Gasteiger partial charge on any atom is 0.357 e. The molecule has 8 heteroatoms. The third kappa shape index (κ3) is 3.36. The molecule has 0 fully saturated rings. The van der Waals surface area contributed by atoms with Gasteiger partial charge < -0.3 is 4.74 Å². The van der Waals surface area contributed by atoms with Crippen molar-refractivity contribution in [2.75, 3.05) is 11.9 Å². The van der Waals surface area contributed by atoms with Crippen molar-refractivity contribution < 1.29 is 14.3 Å². The van der Waals surface area contributed by atoms with Gasteiger partial charge in [0, 0.05) is 10.8 Å². The minimum Gasteiger partial charge on any atom is -0.461 e. The van der Waals surface area contributed by atoms with Crippen molar-refractivity contribution in [3.63, 3.8) is 0 Å². The molecule has 2 rings (SSSR count). The summed E-state index contributed by atoms with van der Waals surface area (Å²) in [5.74, 6) is -0.835. The van der Waals surface area contributed by atoms with Crippen LogP contribution in [0.25, 0.3) is 0 Å². The third-order valence-corrected chi connectivity index (χ3v) is 3.59. The Bertz CT molecular complexity index is 606. The molecule has 1 N–H and O–H groups in total. The molecule has 0 aliphatic rings. The fourth-order valence-electron chi connectivity index (χ4n) is 1.26. The van der Waals surface area contributed by atoms with Crippen molar-refractivity contribution in [2.45, 2.75) is 13.8 Å². The summed E-state index contributed by atoms with van der Waals surface area (Å²) in [6, 6.07) is 0. The molecule has 6 nitrogen and oxygen atoms in total. The summed E-state index contributed by atoms with van der Waals surface area (Å²) in [4.78, 5) is 31.3. The van der Waals surface area contributed by atoms with Crippen LogP contribution in [-0.2, 0) is 4.74 Å². The van der Waals surface area contributed by atoms with Gasteiger partial charge in [-0.25, -0.2) is 14.8 Å². The lowest BCUT2D eigenvalue weighted by atomic mass is 10.4. The summed E-state index contributed by atoms with van der Waals surface area (Å²) in [7, 11) is 0. The predicted molar refractivity (Wildman–Crippen MR) is 72.9 cm³/mol. The molecular formula is C11H11N3O3S2. The number of hydrogen-bond donors (Lipinski definition) is 1. The quantitative estimate of drug-likeness (QED) is 0.876. The number of anilines is 1. The number of rotatable bonds is 4. The molecule has 0 saturated carbocycles. The maximum absolute atomic E-state index is 11.8. The number of nitrogens with zero attached hydrogens (tertiary/aromatic N) is 2. The van der Waals surface area contributed by atoms with Gasteiger partial charge in [-0.3, -0.25) is 10.1 Å². The summed E-state index contributed by atoms with van der Waals surface area (Å²) >= 11 is 2.56. The Kier molecular flexibility index (Phi) is 4.23. The minimum atomic E-state index is -0.497. The van der Waals surface area contributed by atoms with Gasteiger partial charge in [-0.2, -0.15) is 0 Å². The average molecular weight is 297 g/mol. The largest absolute Gasteiger partial charge is 0.461 e. The van der Waals surface area contributed by atoms with Gasteiger partial charge in [-0.1, -0.05) is 0 Å². The lowest BCUT2D eigenvalue weighted by molar-refractivity contribution is 0.0520. The van der Waals surface area contributed by atoms with Gasteiger partial charge in [0.25, 0.3) is 5.91 Å². The Balaban J connectivity index is 2.04. The molecule has 0 aliphatic heterocycles. The highest BCUT2D eigenvalue weighted by Crippen LogP contribution is 2.17. The summed E-state index contributed by atoms with van der Waals surface area (Å²) < 4.78 is 4.82. The summed E-state index contributed by atoms with van der Waals surface area (Å²) in [5, 5.41) is 6.97. The van der Waals surface area contributed by atoms with E-state index in [0.717, 1.165) is 5.01 Å². The first-order valence-electron chi connectivity index (χ1n) is 5.46. The number of nitrogens with one attached hydrogen (secondary N) is 1. The first kappa shape index (κ1) is 13.6. The molecule has 19 heavy (non-hydrogen) atoms. The average Bonchev–Trinajstić information content (AvgIpc) is 2.98. The fraction of sp³-hybridized carbons (Fsp3) is 0.273. The smallest absolute Gasteiger partial charge is 0.357 e. The zero-order valence-electron chi connectivity index (χ0n) is 10.3. The molecule has 100 valence electrons. The van der Waals surface area contributed by atoms with Crippen molar-refractivity contribution in [1.82, 2.24) is 9.97 Å². The van der Waals surface area contributed by atoms with Crippen LogP contribution in [0.5, 0.6) is 0 Å². The van der Waals surface area contributed by atoms with Gasteiger partial charge in [0.15, 0.2) is 10.8 Å². The van der Waals surface area contributed by atoms with Gasteiger partial charge in [0.2, 0.25) is 0 Å². The minimum absolute atomic E-state index is 0.191. The van der Waals surface area contributed by atoms with Crippen LogP contribution in [0.1, 0.15) is 32.9 Å². The molecule has 0 unspecified atom stereocenters. The van der Waals surface area contributed by atoms with E-state index < -0.39 is 5.97 Å². The fourth-order valence-corrected chi connectivity index (χ4v) is 2.53. The van der Waals surface area contributed by atoms with Crippen LogP contribution in [0.15, 0.2) is 10.8 Å². The van der Waals surface area contributed by atoms with E-state index in [1.807, 2.05) is 6.92 Å². The monoisotopic (exact) mass is 297 g/mol. The van der Waals surface area contributed by atoms with E-state index in [0.29, 0.717) is 10.8 Å². The highest BCUT2D eigenvalue weighted by Gasteiger charge is 2.15. The van der Waals surface area contributed by atoms with Crippen molar-refractivity contribution in [3.05, 3.63) is 27.2 Å². The number of hydrogen-bond acceptors (Lipinski definition) is 7. The lowest BCUT2D eigenvalue weighted by Gasteiger charge is -1.98. The number of carbonyl (C=O) groups excluding carboxylic acids is 2. The highest BCUT2D eigenvalue weighted by molar-refractivity contribution is 7.14. The van der Waals surface area contributed by atoms with Crippen LogP contribution in [0.4, 0.5) is 5.13 Å². The predicted octanol–water partition coefficient (Wildman–Crippen LogP) is 2.34. The molecule has 2 heterocycles. The molecule has 0 bridgehead atoms. The number of carbonyl (C=O) groups is 2. The third-order valence-electron chi connectivity index (χ3n) is 2.06. The van der Waals surface area contributed by atoms with Crippen molar-refractivity contribution in [3.8, 4) is 0 Å². The number of aryl methyl sites for hydroxylation is 1. The first-order valence-corrected chi connectivity index (χ1v) is 7.22. The Hall–Kier alpha value is -1.80. The number of aromatic nitrogens is 2. The second-order valence-corrected chi connectivity index (χ2v) is 5.38. The maximum atomic E-state index is 11.8. The van der Waals surface area contributed by atoms with Crippen LogP contribution in [0.2, 0.25) is 0 Å². The van der Waals surface area contributed by atoms with Gasteiger partial charge in [0.1, 0.15) is 5.69 Å². The molecule has 0 aromatic carbocycles. The van der Waals surface area contributed by atoms with E-state index in [9.17, 15) is 9.59 Å². The second-order valence-electron chi connectivity index (χ2n) is 3.46. The highest BCUT2D eigenvalue weighted by atomic mass is 32.1. The van der Waals surface area contributed by atoms with Gasteiger partial charge in [-0.05, 0) is 13.8 Å². The summed E-state index contributed by atoms with van der Waals surface area (Å²) in [5.41, 5.74) is 0.534. The molecule has 0 atom stereocenters. The Morgan fingerprint density at radius 3 is 2.63 bits per heavy atom. The van der Waals surface area contributed by atoms with Crippen molar-refractivity contribution >= 4 is 39.7 Å². The molecule has 2 aromatic rings. The van der Waals surface area contributed by atoms with Crippen LogP contribution in [0, 0.1) is 6.92 Å². The summed E-state index contributed by atoms with van der Waals surface area (Å²) in [6.07, 6.45) is 0. The van der Waals surface area contributed by atoms with Crippen LogP contribution >= 0.6 is 22.7 Å². The SMILES string of the molecule is CCOC(=O)c1csc(NC(=O)c2csc(C)n2)n1. The van der Waals surface area contributed by atoms with E-state index in [2.05, 4.69) is 15.3 Å². The van der Waals surface area contributed by atoms with Crippen LogP contribution in [-0.4, -0.2) is 28.5 Å². The van der Waals surface area contributed by atoms with E-state index in [4.69, 9.17) is 4.74 Å². The topological polar surface area (TPSA) is 81.2 Å². The number of ether oxygens (including phenoxy) is 1. The van der Waals surface area contributed by atoms with Crippen LogP contribution < -0.4 is 5.32 Å². The van der Waals surface area contributed by atoms with E-state index in [-0.39, 0.29) is 18.2 Å². The standard InChI is InChI=1S/C11H11N3O3S2/c1-3-17-10(16)8-5-19-11(13-8)14-9(15)7-4-18-6(2)12-7/h4-5H,3H2,1-2H3,(H,13,14,15). The normalized spacial score (nSPS) is 10.2. The van der Waals surface area contributed by atoms with E-state index >= 15 is 0 Å². The Morgan fingerprint density at radius 1 is 1.26 bits per heavy atom. The zero-order valence-corrected chi connectivity index (χ0v) is 11.9. The van der Waals surface area contributed by atoms with Gasteiger partial charge in [-0.15, -0.1) is 22.7 Å². The van der Waals surface area contributed by atoms with E-state index in [1.54, 1.807) is 17.7 Å². The Labute approximate surface area is 117 Å². The number of thiazole rings is 2. The molecule has 0 spiro atoms. The van der Waals surface area contributed by atoms with Crippen molar-refractivity contribution in [2.24, 2.45) is 0 Å². The molecule has 1 amide bonds. The zero-order chi connectivity index (χ0) is 13.8. The first-order chi connectivity index (χ1) is 9.10. The van der Waals surface area contributed by atoms with Crippen LogP contribution in [0.3, 0.4) is 0 Å². The Morgan fingerprint density at radius 2 is 2.00 bits per heavy atom.